The molecule has 3 aromatic carbocycles. The summed E-state index contributed by atoms with van der Waals surface area (Å²) in [5, 5.41) is 7.55. The van der Waals surface area contributed by atoms with Crippen molar-refractivity contribution in [2.45, 2.75) is 0 Å². The highest BCUT2D eigenvalue weighted by Gasteiger charge is 2.14. The molecule has 2 aromatic heterocycles. The molecule has 0 aliphatic carbocycles. The summed E-state index contributed by atoms with van der Waals surface area (Å²) in [7, 11) is 0. The molecule has 0 spiro atoms. The summed E-state index contributed by atoms with van der Waals surface area (Å²) in [6.07, 6.45) is 1.89. The second kappa shape index (κ2) is 6.71. The number of hydrogen-bond donors (Lipinski definition) is 0. The predicted molar refractivity (Wildman–Crippen MR) is 115 cm³/mol. The number of thiazole rings is 1. The minimum atomic E-state index is -0.197. The van der Waals surface area contributed by atoms with E-state index in [9.17, 15) is 4.79 Å². The van der Waals surface area contributed by atoms with Gasteiger partial charge in [0.05, 0.1) is 9.55 Å². The van der Waals surface area contributed by atoms with Crippen molar-refractivity contribution >= 4 is 56.3 Å². The van der Waals surface area contributed by atoms with Crippen LogP contribution in [0.3, 0.4) is 0 Å². The Kier molecular flexibility index (Phi) is 4.16. The molecule has 0 N–H and O–H groups in total. The van der Waals surface area contributed by atoms with Crippen molar-refractivity contribution in [1.29, 1.82) is 0 Å². The molecule has 0 fully saturated rings. The van der Waals surface area contributed by atoms with Gasteiger partial charge in [-0.3, -0.25) is 4.79 Å². The van der Waals surface area contributed by atoms with Gasteiger partial charge in [0.1, 0.15) is 0 Å². The van der Waals surface area contributed by atoms with E-state index in [0.29, 0.717) is 30.9 Å². The number of benzene rings is 3. The highest BCUT2D eigenvalue weighted by atomic mass is 35.5. The first-order valence-corrected chi connectivity index (χ1v) is 10.0. The summed E-state index contributed by atoms with van der Waals surface area (Å²) in [6.45, 7) is 0. The third-order valence-electron chi connectivity index (χ3n) is 4.46. The van der Waals surface area contributed by atoms with E-state index in [0.717, 1.165) is 16.3 Å². The van der Waals surface area contributed by atoms with Crippen LogP contribution < -0.4 is 10.1 Å². The van der Waals surface area contributed by atoms with Gasteiger partial charge in [-0.1, -0.05) is 77.0 Å². The van der Waals surface area contributed by atoms with Crippen molar-refractivity contribution in [2.75, 3.05) is 0 Å². The van der Waals surface area contributed by atoms with Crippen LogP contribution in [0.1, 0.15) is 5.56 Å². The monoisotopic (exact) mass is 423 g/mol. The molecule has 5 rings (SSSR count). The fraction of sp³-hybridized carbons (Fsp3) is 0. The van der Waals surface area contributed by atoms with E-state index in [1.165, 1.54) is 15.9 Å². The van der Waals surface area contributed by atoms with E-state index in [2.05, 4.69) is 22.2 Å². The van der Waals surface area contributed by atoms with E-state index in [1.807, 2.05) is 36.4 Å². The van der Waals surface area contributed by atoms with E-state index >= 15 is 0 Å². The fourth-order valence-corrected chi connectivity index (χ4v) is 4.53. The lowest BCUT2D eigenvalue weighted by molar-refractivity contribution is 0.937. The average Bonchev–Trinajstić information content (AvgIpc) is 3.22. The lowest BCUT2D eigenvalue weighted by Crippen LogP contribution is -2.23. The molecule has 136 valence electrons. The number of hydrogen-bond acceptors (Lipinski definition) is 4. The first kappa shape index (κ1) is 17.4. The Morgan fingerprint density at radius 2 is 1.82 bits per heavy atom. The summed E-state index contributed by atoms with van der Waals surface area (Å²) < 4.78 is 1.90. The summed E-state index contributed by atoms with van der Waals surface area (Å²) >= 11 is 13.5. The highest BCUT2D eigenvalue weighted by molar-refractivity contribution is 7.15. The second-order valence-corrected chi connectivity index (χ2v) is 8.09. The summed E-state index contributed by atoms with van der Waals surface area (Å²) in [6, 6.07) is 19.2. The molecule has 28 heavy (non-hydrogen) atoms. The van der Waals surface area contributed by atoms with Crippen LogP contribution in [0.4, 0.5) is 0 Å². The lowest BCUT2D eigenvalue weighted by atomic mass is 10.0. The third-order valence-corrected chi connectivity index (χ3v) is 5.97. The Morgan fingerprint density at radius 3 is 2.64 bits per heavy atom. The van der Waals surface area contributed by atoms with Gasteiger partial charge in [0.2, 0.25) is 4.96 Å². The molecule has 2 heterocycles. The van der Waals surface area contributed by atoms with Crippen molar-refractivity contribution < 1.29 is 0 Å². The SMILES string of the molecule is O=c1c(=Cc2cccc3ccccc23)sc2nc(-c3ccc(Cl)cc3Cl)nn12. The minimum absolute atomic E-state index is 0.197. The zero-order valence-corrected chi connectivity index (χ0v) is 16.6. The van der Waals surface area contributed by atoms with Crippen LogP contribution in [-0.2, 0) is 0 Å². The topological polar surface area (TPSA) is 47.3 Å². The van der Waals surface area contributed by atoms with Crippen LogP contribution in [0.2, 0.25) is 10.0 Å². The molecule has 0 aliphatic heterocycles. The van der Waals surface area contributed by atoms with Gasteiger partial charge in [0.15, 0.2) is 5.82 Å². The first-order chi connectivity index (χ1) is 13.6. The maximum Gasteiger partial charge on any atom is 0.291 e. The predicted octanol–water partition coefficient (Wildman–Crippen LogP) is 4.83. The van der Waals surface area contributed by atoms with Gasteiger partial charge in [-0.05, 0) is 40.6 Å². The largest absolute Gasteiger partial charge is 0.291 e. The number of fused-ring (bicyclic) bond motifs is 2. The van der Waals surface area contributed by atoms with Crippen molar-refractivity contribution in [3.8, 4) is 11.4 Å². The average molecular weight is 424 g/mol. The summed E-state index contributed by atoms with van der Waals surface area (Å²) in [4.78, 5) is 17.8. The Morgan fingerprint density at radius 1 is 1.00 bits per heavy atom. The molecule has 4 nitrogen and oxygen atoms in total. The van der Waals surface area contributed by atoms with Crippen LogP contribution in [0.25, 0.3) is 33.2 Å². The molecule has 0 bridgehead atoms. The van der Waals surface area contributed by atoms with E-state index in [1.54, 1.807) is 18.2 Å². The van der Waals surface area contributed by atoms with Crippen molar-refractivity contribution in [3.05, 3.63) is 91.2 Å². The van der Waals surface area contributed by atoms with Gasteiger partial charge in [-0.2, -0.15) is 9.50 Å². The van der Waals surface area contributed by atoms with Crippen LogP contribution in [0.5, 0.6) is 0 Å². The summed E-state index contributed by atoms with van der Waals surface area (Å²) in [5.41, 5.74) is 1.43. The summed E-state index contributed by atoms with van der Waals surface area (Å²) in [5.74, 6) is 0.404. The molecule has 7 heteroatoms. The normalized spacial score (nSPS) is 12.3. The lowest BCUT2D eigenvalue weighted by Gasteiger charge is -2.00. The molecule has 0 amide bonds. The van der Waals surface area contributed by atoms with Crippen LogP contribution in [0, 0.1) is 0 Å². The first-order valence-electron chi connectivity index (χ1n) is 8.45. The minimum Gasteiger partial charge on any atom is -0.266 e. The molecule has 0 saturated carbocycles. The number of nitrogens with zero attached hydrogens (tertiary/aromatic N) is 3. The fourth-order valence-electron chi connectivity index (χ4n) is 3.14. The zero-order chi connectivity index (χ0) is 19.3. The Bertz CT molecular complexity index is 1470. The molecule has 0 atom stereocenters. The van der Waals surface area contributed by atoms with Crippen molar-refractivity contribution in [3.63, 3.8) is 0 Å². The van der Waals surface area contributed by atoms with Gasteiger partial charge in [0, 0.05) is 10.6 Å². The van der Waals surface area contributed by atoms with Gasteiger partial charge in [-0.15, -0.1) is 5.10 Å². The van der Waals surface area contributed by atoms with Crippen LogP contribution in [-0.4, -0.2) is 14.6 Å². The van der Waals surface area contributed by atoms with Gasteiger partial charge < -0.3 is 0 Å². The smallest absolute Gasteiger partial charge is 0.266 e. The number of halogens is 2. The maximum atomic E-state index is 12.8. The van der Waals surface area contributed by atoms with Gasteiger partial charge >= 0.3 is 0 Å². The van der Waals surface area contributed by atoms with E-state index in [4.69, 9.17) is 23.2 Å². The van der Waals surface area contributed by atoms with Crippen molar-refractivity contribution in [1.82, 2.24) is 14.6 Å². The zero-order valence-electron chi connectivity index (χ0n) is 14.3. The highest BCUT2D eigenvalue weighted by Crippen LogP contribution is 2.28. The maximum absolute atomic E-state index is 12.8. The quantitative estimate of drug-likeness (QED) is 0.408. The molecule has 0 unspecified atom stereocenters. The van der Waals surface area contributed by atoms with Gasteiger partial charge in [-0.25, -0.2) is 0 Å². The number of aromatic nitrogens is 3. The van der Waals surface area contributed by atoms with Crippen molar-refractivity contribution in [2.24, 2.45) is 0 Å². The molecule has 5 aromatic rings. The van der Waals surface area contributed by atoms with Gasteiger partial charge in [0.25, 0.3) is 5.56 Å². The molecular formula is C21H11Cl2N3OS. The van der Waals surface area contributed by atoms with Crippen LogP contribution in [0.15, 0.2) is 65.5 Å². The number of rotatable bonds is 2. The standard InChI is InChI=1S/C21H11Cl2N3OS/c22-14-8-9-16(17(23)11-14)19-24-21-26(25-19)20(27)18(28-21)10-13-6-3-5-12-4-1-2-7-15(12)13/h1-11H. The Labute approximate surface area is 173 Å². The molecule has 0 saturated heterocycles. The molecule has 0 radical (unpaired) electrons. The Hall–Kier alpha value is -2.73. The third kappa shape index (κ3) is 2.88. The van der Waals surface area contributed by atoms with E-state index in [-0.39, 0.29) is 5.56 Å². The molecule has 0 aliphatic rings. The van der Waals surface area contributed by atoms with Crippen LogP contribution >= 0.6 is 34.5 Å². The molecular weight excluding hydrogens is 413 g/mol. The second-order valence-electron chi connectivity index (χ2n) is 6.24. The van der Waals surface area contributed by atoms with E-state index < -0.39 is 0 Å². The Balaban J connectivity index is 1.66.